The van der Waals surface area contributed by atoms with Crippen LogP contribution in [0.4, 0.5) is 0 Å². The molecule has 0 fully saturated rings. The van der Waals surface area contributed by atoms with Crippen molar-refractivity contribution in [2.45, 2.75) is 52.4 Å². The minimum absolute atomic E-state index is 0.199. The molecule has 1 heteroatoms. The molecule has 1 rings (SSSR count). The maximum atomic E-state index is 4.46. The van der Waals surface area contributed by atoms with Crippen molar-refractivity contribution in [3.8, 4) is 0 Å². The standard InChI is InChI=1S/C13H21N/c1-6-13(4,5)12-9-11(10(2)3)7-8-14-12/h7-10H,6H2,1-5H3. The molecule has 0 amide bonds. The number of rotatable bonds is 3. The van der Waals surface area contributed by atoms with E-state index in [2.05, 4.69) is 51.7 Å². The fourth-order valence-corrected chi connectivity index (χ4v) is 1.36. The third-order valence-electron chi connectivity index (χ3n) is 3.03. The van der Waals surface area contributed by atoms with Crippen LogP contribution in [0.5, 0.6) is 0 Å². The van der Waals surface area contributed by atoms with Gasteiger partial charge in [0.25, 0.3) is 0 Å². The molecule has 1 aromatic heterocycles. The van der Waals surface area contributed by atoms with Crippen molar-refractivity contribution in [1.82, 2.24) is 4.98 Å². The van der Waals surface area contributed by atoms with Gasteiger partial charge < -0.3 is 0 Å². The van der Waals surface area contributed by atoms with Gasteiger partial charge >= 0.3 is 0 Å². The average molecular weight is 191 g/mol. The molecule has 14 heavy (non-hydrogen) atoms. The number of hydrogen-bond acceptors (Lipinski definition) is 1. The molecule has 1 heterocycles. The number of aromatic nitrogens is 1. The first-order valence-electron chi connectivity index (χ1n) is 5.44. The van der Waals surface area contributed by atoms with Gasteiger partial charge in [-0.15, -0.1) is 0 Å². The van der Waals surface area contributed by atoms with E-state index in [1.54, 1.807) is 0 Å². The highest BCUT2D eigenvalue weighted by atomic mass is 14.7. The Kier molecular flexibility index (Phi) is 3.30. The van der Waals surface area contributed by atoms with E-state index in [9.17, 15) is 0 Å². The summed E-state index contributed by atoms with van der Waals surface area (Å²) in [7, 11) is 0. The maximum absolute atomic E-state index is 4.46. The van der Waals surface area contributed by atoms with Crippen molar-refractivity contribution in [3.63, 3.8) is 0 Å². The molecule has 78 valence electrons. The molecule has 0 unspecified atom stereocenters. The number of hydrogen-bond donors (Lipinski definition) is 0. The summed E-state index contributed by atoms with van der Waals surface area (Å²) in [6.07, 6.45) is 3.06. The molecule has 0 saturated carbocycles. The monoisotopic (exact) mass is 191 g/mol. The Labute approximate surface area is 87.6 Å². The lowest BCUT2D eigenvalue weighted by atomic mass is 9.85. The molecule has 0 bridgehead atoms. The van der Waals surface area contributed by atoms with Crippen LogP contribution >= 0.6 is 0 Å². The number of pyridine rings is 1. The Morgan fingerprint density at radius 3 is 2.50 bits per heavy atom. The summed E-state index contributed by atoms with van der Waals surface area (Å²) in [6.45, 7) is 11.2. The van der Waals surface area contributed by atoms with Crippen molar-refractivity contribution >= 4 is 0 Å². The summed E-state index contributed by atoms with van der Waals surface area (Å²) in [5.74, 6) is 0.587. The van der Waals surface area contributed by atoms with Crippen molar-refractivity contribution in [1.29, 1.82) is 0 Å². The van der Waals surface area contributed by atoms with Crippen LogP contribution in [0.2, 0.25) is 0 Å². The molecule has 0 aliphatic carbocycles. The van der Waals surface area contributed by atoms with Crippen LogP contribution < -0.4 is 0 Å². The Morgan fingerprint density at radius 2 is 2.00 bits per heavy atom. The maximum Gasteiger partial charge on any atom is 0.0462 e. The normalized spacial score (nSPS) is 12.1. The molecule has 0 N–H and O–H groups in total. The first kappa shape index (κ1) is 11.2. The average Bonchev–Trinajstić information content (AvgIpc) is 2.18. The molecular formula is C13H21N. The van der Waals surface area contributed by atoms with Gasteiger partial charge in [-0.3, -0.25) is 4.98 Å². The highest BCUT2D eigenvalue weighted by Gasteiger charge is 2.19. The van der Waals surface area contributed by atoms with Gasteiger partial charge in [0.1, 0.15) is 0 Å². The van der Waals surface area contributed by atoms with E-state index in [1.807, 2.05) is 6.20 Å². The predicted octanol–water partition coefficient (Wildman–Crippen LogP) is 3.89. The second-order valence-electron chi connectivity index (χ2n) is 4.87. The van der Waals surface area contributed by atoms with E-state index < -0.39 is 0 Å². The van der Waals surface area contributed by atoms with Crippen LogP contribution in [0.1, 0.15) is 58.2 Å². The minimum atomic E-state index is 0.199. The smallest absolute Gasteiger partial charge is 0.0462 e. The first-order valence-corrected chi connectivity index (χ1v) is 5.44. The Hall–Kier alpha value is -0.850. The summed E-state index contributed by atoms with van der Waals surface area (Å²) in [4.78, 5) is 4.46. The van der Waals surface area contributed by atoms with Crippen LogP contribution in [-0.2, 0) is 5.41 Å². The Bertz CT molecular complexity index is 300. The summed E-state index contributed by atoms with van der Waals surface area (Å²) in [5, 5.41) is 0. The summed E-state index contributed by atoms with van der Waals surface area (Å²) in [5.41, 5.74) is 2.80. The lowest BCUT2D eigenvalue weighted by Gasteiger charge is -2.22. The lowest BCUT2D eigenvalue weighted by molar-refractivity contribution is 0.489. The quantitative estimate of drug-likeness (QED) is 0.706. The van der Waals surface area contributed by atoms with Gasteiger partial charge in [0.2, 0.25) is 0 Å². The van der Waals surface area contributed by atoms with E-state index >= 15 is 0 Å². The largest absolute Gasteiger partial charge is 0.261 e. The van der Waals surface area contributed by atoms with Crippen molar-refractivity contribution in [2.24, 2.45) is 0 Å². The van der Waals surface area contributed by atoms with Crippen LogP contribution in [0.3, 0.4) is 0 Å². The zero-order chi connectivity index (χ0) is 10.8. The van der Waals surface area contributed by atoms with Gasteiger partial charge in [-0.25, -0.2) is 0 Å². The highest BCUT2D eigenvalue weighted by Crippen LogP contribution is 2.26. The molecule has 0 aromatic carbocycles. The van der Waals surface area contributed by atoms with Gasteiger partial charge in [-0.05, 0) is 30.0 Å². The first-order chi connectivity index (χ1) is 6.47. The molecule has 0 aliphatic heterocycles. The molecule has 0 aliphatic rings. The van der Waals surface area contributed by atoms with E-state index in [4.69, 9.17) is 0 Å². The van der Waals surface area contributed by atoms with Crippen LogP contribution in [0.15, 0.2) is 18.3 Å². The second kappa shape index (κ2) is 4.12. The minimum Gasteiger partial charge on any atom is -0.261 e. The van der Waals surface area contributed by atoms with Crippen LogP contribution in [0.25, 0.3) is 0 Å². The predicted molar refractivity (Wildman–Crippen MR) is 61.6 cm³/mol. The zero-order valence-corrected chi connectivity index (χ0v) is 9.96. The summed E-state index contributed by atoms with van der Waals surface area (Å²) >= 11 is 0. The third-order valence-corrected chi connectivity index (χ3v) is 3.03. The van der Waals surface area contributed by atoms with Gasteiger partial charge in [-0.1, -0.05) is 34.6 Å². The SMILES string of the molecule is CCC(C)(C)c1cc(C(C)C)ccn1. The molecule has 0 spiro atoms. The zero-order valence-electron chi connectivity index (χ0n) is 9.96. The fourth-order valence-electron chi connectivity index (χ4n) is 1.36. The molecule has 0 atom stereocenters. The van der Waals surface area contributed by atoms with E-state index in [-0.39, 0.29) is 5.41 Å². The van der Waals surface area contributed by atoms with E-state index in [1.165, 1.54) is 11.3 Å². The van der Waals surface area contributed by atoms with Gasteiger partial charge in [0.05, 0.1) is 0 Å². The Balaban J connectivity index is 3.05. The summed E-state index contributed by atoms with van der Waals surface area (Å²) in [6, 6.07) is 4.36. The topological polar surface area (TPSA) is 12.9 Å². The molecule has 1 aromatic rings. The molecule has 1 nitrogen and oxygen atoms in total. The number of nitrogens with zero attached hydrogens (tertiary/aromatic N) is 1. The van der Waals surface area contributed by atoms with Crippen molar-refractivity contribution in [2.75, 3.05) is 0 Å². The second-order valence-corrected chi connectivity index (χ2v) is 4.87. The van der Waals surface area contributed by atoms with Gasteiger partial charge in [0, 0.05) is 17.3 Å². The van der Waals surface area contributed by atoms with Crippen molar-refractivity contribution < 1.29 is 0 Å². The highest BCUT2D eigenvalue weighted by molar-refractivity contribution is 5.24. The van der Waals surface area contributed by atoms with Crippen LogP contribution in [-0.4, -0.2) is 4.98 Å². The van der Waals surface area contributed by atoms with Gasteiger partial charge in [-0.2, -0.15) is 0 Å². The fraction of sp³-hybridized carbons (Fsp3) is 0.615. The lowest BCUT2D eigenvalue weighted by Crippen LogP contribution is -2.17. The molecule has 0 radical (unpaired) electrons. The molecular weight excluding hydrogens is 170 g/mol. The Morgan fingerprint density at radius 1 is 1.36 bits per heavy atom. The molecule has 0 saturated heterocycles. The summed E-state index contributed by atoms with van der Waals surface area (Å²) < 4.78 is 0. The van der Waals surface area contributed by atoms with Crippen LogP contribution in [0, 0.1) is 0 Å². The van der Waals surface area contributed by atoms with E-state index in [0.717, 1.165) is 6.42 Å². The van der Waals surface area contributed by atoms with Gasteiger partial charge in [0.15, 0.2) is 0 Å². The third kappa shape index (κ3) is 2.34. The van der Waals surface area contributed by atoms with Crippen molar-refractivity contribution in [3.05, 3.63) is 29.6 Å². The van der Waals surface area contributed by atoms with E-state index in [0.29, 0.717) is 5.92 Å².